The largest absolute Gasteiger partial charge is 0.541 e. The molecule has 7 nitrogen and oxygen atoms in total. The molecule has 210 valence electrons. The van der Waals surface area contributed by atoms with E-state index >= 15 is 0 Å². The van der Waals surface area contributed by atoms with Gasteiger partial charge in [-0.15, -0.1) is 0 Å². The Bertz CT molecular complexity index is 1470. The number of fused-ring (bicyclic) bond motifs is 2. The molecule has 1 aliphatic rings. The third-order valence-electron chi connectivity index (χ3n) is 7.88. The summed E-state index contributed by atoms with van der Waals surface area (Å²) in [5.74, 6) is -0.280. The van der Waals surface area contributed by atoms with Crippen LogP contribution in [0, 0.1) is 5.82 Å². The molecule has 0 radical (unpaired) electrons. The number of aromatic nitrogens is 1. The van der Waals surface area contributed by atoms with E-state index in [1.807, 2.05) is 6.07 Å². The van der Waals surface area contributed by atoms with Gasteiger partial charge >= 0.3 is 0 Å². The van der Waals surface area contributed by atoms with Crippen molar-refractivity contribution in [3.05, 3.63) is 65.1 Å². The first kappa shape index (κ1) is 29.0. The Kier molecular flexibility index (Phi) is 8.10. The SMILES string of the molecule is CCS(=O)(=O)Nc1c2c(c(O[Si](C(C)C)(C(C)C)C(C)C)c3ncccc13)C(=O)N(Cc1ccc(F)cc1)C2. The van der Waals surface area contributed by atoms with Gasteiger partial charge < -0.3 is 9.33 Å². The fourth-order valence-corrected chi connectivity index (χ4v) is 12.0. The minimum atomic E-state index is -3.65. The quantitative estimate of drug-likeness (QED) is 0.269. The maximum absolute atomic E-state index is 14.1. The maximum atomic E-state index is 14.1. The standard InChI is InChI=1S/C29H38FN3O4SSi/c1-8-38(35,36)32-26-23-10-9-15-31-27(23)28(37-39(18(2)3,19(4)5)20(6)7)25-24(26)17-33(29(25)34)16-21-11-13-22(30)14-12-21/h9-15,18-20,32H,8,16-17H2,1-7H3. The predicted octanol–water partition coefficient (Wildman–Crippen LogP) is 6.85. The van der Waals surface area contributed by atoms with Crippen molar-refractivity contribution in [1.82, 2.24) is 9.88 Å². The second-order valence-corrected chi connectivity index (χ2v) is 18.6. The highest BCUT2D eigenvalue weighted by Gasteiger charge is 2.49. The molecule has 0 atom stereocenters. The number of halogens is 1. The highest BCUT2D eigenvalue weighted by Crippen LogP contribution is 2.49. The number of sulfonamides is 1. The maximum Gasteiger partial charge on any atom is 0.258 e. The molecule has 1 amide bonds. The number of amides is 1. The fourth-order valence-electron chi connectivity index (χ4n) is 6.05. The number of hydrogen-bond acceptors (Lipinski definition) is 5. The topological polar surface area (TPSA) is 88.6 Å². The van der Waals surface area contributed by atoms with E-state index in [4.69, 9.17) is 4.43 Å². The summed E-state index contributed by atoms with van der Waals surface area (Å²) in [4.78, 5) is 20.4. The van der Waals surface area contributed by atoms with Gasteiger partial charge in [-0.25, -0.2) is 12.8 Å². The normalized spacial score (nSPS) is 14.1. The van der Waals surface area contributed by atoms with Crippen LogP contribution in [-0.2, 0) is 23.1 Å². The molecule has 39 heavy (non-hydrogen) atoms. The summed E-state index contributed by atoms with van der Waals surface area (Å²) in [5.41, 5.74) is 3.29. The Morgan fingerprint density at radius 1 is 1.05 bits per heavy atom. The molecule has 0 unspecified atom stereocenters. The lowest BCUT2D eigenvalue weighted by Gasteiger charge is -2.42. The van der Waals surface area contributed by atoms with Gasteiger partial charge in [0.25, 0.3) is 14.2 Å². The molecule has 0 fully saturated rings. The number of rotatable bonds is 10. The zero-order valence-corrected chi connectivity index (χ0v) is 25.5. The molecule has 0 bridgehead atoms. The summed E-state index contributed by atoms with van der Waals surface area (Å²) in [7, 11) is -6.18. The van der Waals surface area contributed by atoms with E-state index in [2.05, 4.69) is 51.2 Å². The molecule has 4 rings (SSSR count). The van der Waals surface area contributed by atoms with Crippen molar-refractivity contribution in [3.63, 3.8) is 0 Å². The van der Waals surface area contributed by atoms with E-state index in [9.17, 15) is 17.6 Å². The Morgan fingerprint density at radius 2 is 1.67 bits per heavy atom. The van der Waals surface area contributed by atoms with Gasteiger partial charge in [0.05, 0.1) is 17.0 Å². The molecule has 0 saturated carbocycles. The predicted molar refractivity (Wildman–Crippen MR) is 156 cm³/mol. The number of benzene rings is 2. The third kappa shape index (κ3) is 5.28. The molecule has 0 spiro atoms. The Balaban J connectivity index is 1.98. The molecule has 1 N–H and O–H groups in total. The van der Waals surface area contributed by atoms with Crippen molar-refractivity contribution < 1.29 is 22.0 Å². The van der Waals surface area contributed by atoms with Crippen LogP contribution in [0.5, 0.6) is 5.75 Å². The lowest BCUT2D eigenvalue weighted by Crippen LogP contribution is -2.51. The van der Waals surface area contributed by atoms with Gasteiger partial charge in [0, 0.05) is 30.2 Å². The number of nitrogens with one attached hydrogen (secondary N) is 1. The first-order valence-electron chi connectivity index (χ1n) is 13.5. The lowest BCUT2D eigenvalue weighted by molar-refractivity contribution is 0.0765. The average molecular weight is 572 g/mol. The second-order valence-electron chi connectivity index (χ2n) is 11.2. The zero-order valence-electron chi connectivity index (χ0n) is 23.7. The van der Waals surface area contributed by atoms with Gasteiger partial charge in [-0.1, -0.05) is 53.7 Å². The van der Waals surface area contributed by atoms with Gasteiger partial charge in [-0.2, -0.15) is 0 Å². The van der Waals surface area contributed by atoms with Crippen LogP contribution in [0.1, 0.15) is 70.0 Å². The van der Waals surface area contributed by atoms with E-state index in [0.29, 0.717) is 33.5 Å². The van der Waals surface area contributed by atoms with Crippen LogP contribution in [0.25, 0.3) is 10.9 Å². The van der Waals surface area contributed by atoms with Crippen LogP contribution in [-0.4, -0.2) is 38.3 Å². The molecule has 10 heteroatoms. The van der Waals surface area contributed by atoms with Crippen molar-refractivity contribution in [1.29, 1.82) is 0 Å². The van der Waals surface area contributed by atoms with Crippen LogP contribution in [0.2, 0.25) is 16.6 Å². The summed E-state index contributed by atoms with van der Waals surface area (Å²) >= 11 is 0. The molecule has 1 aromatic heterocycles. The monoisotopic (exact) mass is 571 g/mol. The molecule has 2 aromatic carbocycles. The van der Waals surface area contributed by atoms with Gasteiger partial charge in [-0.05, 0) is 53.4 Å². The van der Waals surface area contributed by atoms with Gasteiger partial charge in [-0.3, -0.25) is 14.5 Å². The summed E-state index contributed by atoms with van der Waals surface area (Å²) in [6, 6.07) is 9.60. The zero-order chi connectivity index (χ0) is 28.7. The van der Waals surface area contributed by atoms with E-state index in [0.717, 1.165) is 5.56 Å². The molecule has 0 aliphatic carbocycles. The Morgan fingerprint density at radius 3 is 2.23 bits per heavy atom. The van der Waals surface area contributed by atoms with E-state index in [-0.39, 0.29) is 47.2 Å². The van der Waals surface area contributed by atoms with Crippen LogP contribution in [0.15, 0.2) is 42.6 Å². The molecule has 3 aromatic rings. The van der Waals surface area contributed by atoms with E-state index in [1.54, 1.807) is 36.2 Å². The average Bonchev–Trinajstić information content (AvgIpc) is 3.20. The smallest absolute Gasteiger partial charge is 0.258 e. The minimum absolute atomic E-state index is 0.112. The summed E-state index contributed by atoms with van der Waals surface area (Å²) in [5, 5.41) is 0.596. The summed E-state index contributed by atoms with van der Waals surface area (Å²) in [6.45, 7) is 15.1. The first-order valence-corrected chi connectivity index (χ1v) is 17.3. The van der Waals surface area contributed by atoms with E-state index in [1.165, 1.54) is 12.1 Å². The van der Waals surface area contributed by atoms with Crippen LogP contribution < -0.4 is 9.15 Å². The number of carbonyl (C=O) groups is 1. The van der Waals surface area contributed by atoms with Crippen LogP contribution in [0.4, 0.5) is 10.1 Å². The molecular formula is C29H38FN3O4SSi. The van der Waals surface area contributed by atoms with Crippen LogP contribution >= 0.6 is 0 Å². The van der Waals surface area contributed by atoms with Crippen LogP contribution in [0.3, 0.4) is 0 Å². The number of carbonyl (C=O) groups excluding carboxylic acids is 1. The molecule has 2 heterocycles. The molecule has 1 aliphatic heterocycles. The highest BCUT2D eigenvalue weighted by atomic mass is 32.2. The number of pyridine rings is 1. The fraction of sp³-hybridized carbons (Fsp3) is 0.448. The van der Waals surface area contributed by atoms with E-state index < -0.39 is 18.3 Å². The number of anilines is 1. The second kappa shape index (κ2) is 10.9. The highest BCUT2D eigenvalue weighted by molar-refractivity contribution is 7.92. The first-order chi connectivity index (χ1) is 18.3. The van der Waals surface area contributed by atoms with Crippen molar-refractivity contribution in [2.24, 2.45) is 0 Å². The molecular weight excluding hydrogens is 533 g/mol. The minimum Gasteiger partial charge on any atom is -0.541 e. The lowest BCUT2D eigenvalue weighted by atomic mass is 10.0. The van der Waals surface area contributed by atoms with Crippen molar-refractivity contribution in [2.75, 3.05) is 10.5 Å². The van der Waals surface area contributed by atoms with Crippen molar-refractivity contribution in [2.45, 2.75) is 78.2 Å². The number of nitrogens with zero attached hydrogens (tertiary/aromatic N) is 2. The van der Waals surface area contributed by atoms with Gasteiger partial charge in [0.15, 0.2) is 0 Å². The Hall–Kier alpha value is -2.98. The number of hydrogen-bond donors (Lipinski definition) is 1. The molecule has 0 saturated heterocycles. The van der Waals surface area contributed by atoms with Gasteiger partial charge in [0.1, 0.15) is 17.1 Å². The van der Waals surface area contributed by atoms with Crippen molar-refractivity contribution >= 4 is 40.8 Å². The summed E-state index contributed by atoms with van der Waals surface area (Å²) in [6.07, 6.45) is 1.64. The van der Waals surface area contributed by atoms with Crippen molar-refractivity contribution in [3.8, 4) is 5.75 Å². The third-order valence-corrected chi connectivity index (χ3v) is 15.1. The Labute approximate surface area is 232 Å². The summed E-state index contributed by atoms with van der Waals surface area (Å²) < 4.78 is 49.0. The van der Waals surface area contributed by atoms with Gasteiger partial charge in [0.2, 0.25) is 10.0 Å².